The van der Waals surface area contributed by atoms with E-state index in [1.807, 2.05) is 0 Å². The second-order valence-corrected chi connectivity index (χ2v) is 4.81. The molecule has 0 saturated carbocycles. The molecule has 6 heteroatoms. The van der Waals surface area contributed by atoms with Gasteiger partial charge in [0.15, 0.2) is 0 Å². The Kier molecular flexibility index (Phi) is 4.54. The first-order valence-corrected chi connectivity index (χ1v) is 6.59. The maximum Gasteiger partial charge on any atom is 0.239 e. The van der Waals surface area contributed by atoms with E-state index in [-0.39, 0.29) is 30.3 Å². The molecule has 2 heterocycles. The summed E-state index contributed by atoms with van der Waals surface area (Å²) in [6.45, 7) is 5.34. The number of hydrogen-bond donors (Lipinski definition) is 2. The van der Waals surface area contributed by atoms with Gasteiger partial charge in [0.25, 0.3) is 0 Å². The van der Waals surface area contributed by atoms with Crippen LogP contribution in [0.5, 0.6) is 0 Å². The summed E-state index contributed by atoms with van der Waals surface area (Å²) in [5, 5.41) is 6.06. The molecule has 2 saturated heterocycles. The molecule has 102 valence electrons. The molecule has 2 amide bonds. The molecule has 2 aliphatic rings. The SMILES string of the molecule is CCCNC1COCC1C(=O)N1CCNC(=O)C1. The van der Waals surface area contributed by atoms with Crippen molar-refractivity contribution >= 4 is 11.8 Å². The van der Waals surface area contributed by atoms with Crippen LogP contribution in [0.2, 0.25) is 0 Å². The summed E-state index contributed by atoms with van der Waals surface area (Å²) in [4.78, 5) is 25.3. The van der Waals surface area contributed by atoms with Crippen LogP contribution in [0.3, 0.4) is 0 Å². The molecule has 18 heavy (non-hydrogen) atoms. The maximum absolute atomic E-state index is 12.3. The van der Waals surface area contributed by atoms with Crippen LogP contribution in [0.4, 0.5) is 0 Å². The van der Waals surface area contributed by atoms with Crippen LogP contribution < -0.4 is 10.6 Å². The third kappa shape index (κ3) is 3.00. The van der Waals surface area contributed by atoms with E-state index in [0.29, 0.717) is 26.3 Å². The third-order valence-corrected chi connectivity index (χ3v) is 3.40. The average Bonchev–Trinajstić information content (AvgIpc) is 2.83. The Balaban J connectivity index is 1.92. The second kappa shape index (κ2) is 6.15. The molecule has 2 unspecified atom stereocenters. The summed E-state index contributed by atoms with van der Waals surface area (Å²) < 4.78 is 5.40. The number of ether oxygens (including phenoxy) is 1. The first kappa shape index (κ1) is 13.3. The van der Waals surface area contributed by atoms with Gasteiger partial charge in [0.05, 0.1) is 25.7 Å². The lowest BCUT2D eigenvalue weighted by atomic mass is 10.0. The van der Waals surface area contributed by atoms with Crippen molar-refractivity contribution in [3.05, 3.63) is 0 Å². The van der Waals surface area contributed by atoms with Gasteiger partial charge < -0.3 is 20.3 Å². The zero-order chi connectivity index (χ0) is 13.0. The van der Waals surface area contributed by atoms with E-state index in [1.54, 1.807) is 4.90 Å². The van der Waals surface area contributed by atoms with Gasteiger partial charge in [-0.05, 0) is 13.0 Å². The molecule has 0 bridgehead atoms. The quantitative estimate of drug-likeness (QED) is 0.673. The normalized spacial score (nSPS) is 28.3. The van der Waals surface area contributed by atoms with Crippen molar-refractivity contribution in [1.82, 2.24) is 15.5 Å². The summed E-state index contributed by atoms with van der Waals surface area (Å²) in [5.41, 5.74) is 0. The van der Waals surface area contributed by atoms with Gasteiger partial charge in [0.1, 0.15) is 0 Å². The van der Waals surface area contributed by atoms with E-state index in [0.717, 1.165) is 13.0 Å². The fourth-order valence-electron chi connectivity index (χ4n) is 2.39. The summed E-state index contributed by atoms with van der Waals surface area (Å²) >= 11 is 0. The van der Waals surface area contributed by atoms with Gasteiger partial charge in [0.2, 0.25) is 11.8 Å². The average molecular weight is 255 g/mol. The van der Waals surface area contributed by atoms with Crippen molar-refractivity contribution in [2.24, 2.45) is 5.92 Å². The highest BCUT2D eigenvalue weighted by atomic mass is 16.5. The molecule has 0 aromatic heterocycles. The number of rotatable bonds is 4. The third-order valence-electron chi connectivity index (χ3n) is 3.40. The molecule has 0 spiro atoms. The molecule has 0 aromatic carbocycles. The van der Waals surface area contributed by atoms with Gasteiger partial charge in [-0.15, -0.1) is 0 Å². The zero-order valence-corrected chi connectivity index (χ0v) is 10.8. The number of amides is 2. The van der Waals surface area contributed by atoms with Gasteiger partial charge in [0, 0.05) is 19.1 Å². The van der Waals surface area contributed by atoms with E-state index in [9.17, 15) is 9.59 Å². The summed E-state index contributed by atoms with van der Waals surface area (Å²) in [5.74, 6) is -0.190. The second-order valence-electron chi connectivity index (χ2n) is 4.81. The van der Waals surface area contributed by atoms with Crippen LogP contribution in [0.1, 0.15) is 13.3 Å². The molecule has 0 radical (unpaired) electrons. The minimum atomic E-state index is -0.151. The molecule has 0 aromatic rings. The Morgan fingerprint density at radius 1 is 1.56 bits per heavy atom. The lowest BCUT2D eigenvalue weighted by molar-refractivity contribution is -0.141. The van der Waals surface area contributed by atoms with Crippen LogP contribution in [0.25, 0.3) is 0 Å². The van der Waals surface area contributed by atoms with E-state index in [4.69, 9.17) is 4.74 Å². The number of nitrogens with one attached hydrogen (secondary N) is 2. The van der Waals surface area contributed by atoms with Gasteiger partial charge in [-0.1, -0.05) is 6.92 Å². The minimum absolute atomic E-state index is 0.0379. The van der Waals surface area contributed by atoms with Crippen molar-refractivity contribution in [2.75, 3.05) is 39.4 Å². The monoisotopic (exact) mass is 255 g/mol. The van der Waals surface area contributed by atoms with Gasteiger partial charge >= 0.3 is 0 Å². The Hall–Kier alpha value is -1.14. The van der Waals surface area contributed by atoms with Gasteiger partial charge in [-0.3, -0.25) is 9.59 Å². The molecule has 2 aliphatic heterocycles. The van der Waals surface area contributed by atoms with Gasteiger partial charge in [-0.2, -0.15) is 0 Å². The fraction of sp³-hybridized carbons (Fsp3) is 0.833. The number of nitrogens with zero attached hydrogens (tertiary/aromatic N) is 1. The van der Waals surface area contributed by atoms with Crippen LogP contribution >= 0.6 is 0 Å². The van der Waals surface area contributed by atoms with E-state index in [2.05, 4.69) is 17.6 Å². The minimum Gasteiger partial charge on any atom is -0.379 e. The molecule has 2 atom stereocenters. The molecule has 2 fully saturated rings. The lowest BCUT2D eigenvalue weighted by Crippen LogP contribution is -2.54. The standard InChI is InChI=1S/C12H21N3O3/c1-2-3-13-10-8-18-7-9(10)12(17)15-5-4-14-11(16)6-15/h9-10,13H,2-8H2,1H3,(H,14,16). The number of piperazine rings is 1. The van der Waals surface area contributed by atoms with Crippen molar-refractivity contribution in [3.8, 4) is 0 Å². The fourth-order valence-corrected chi connectivity index (χ4v) is 2.39. The lowest BCUT2D eigenvalue weighted by Gasteiger charge is -2.30. The zero-order valence-electron chi connectivity index (χ0n) is 10.8. The smallest absolute Gasteiger partial charge is 0.239 e. The highest BCUT2D eigenvalue weighted by molar-refractivity contribution is 5.87. The molecule has 2 rings (SSSR count). The highest BCUT2D eigenvalue weighted by Gasteiger charge is 2.37. The maximum atomic E-state index is 12.3. The first-order valence-electron chi connectivity index (χ1n) is 6.59. The van der Waals surface area contributed by atoms with Crippen molar-refractivity contribution < 1.29 is 14.3 Å². The Labute approximate surface area is 107 Å². The van der Waals surface area contributed by atoms with E-state index < -0.39 is 0 Å². The van der Waals surface area contributed by atoms with Crippen LogP contribution in [-0.4, -0.2) is 62.1 Å². The molecular weight excluding hydrogens is 234 g/mol. The molecule has 0 aliphatic carbocycles. The largest absolute Gasteiger partial charge is 0.379 e. The summed E-state index contributed by atoms with van der Waals surface area (Å²) in [6.07, 6.45) is 1.03. The molecule has 6 nitrogen and oxygen atoms in total. The summed E-state index contributed by atoms with van der Waals surface area (Å²) in [7, 11) is 0. The number of carbonyl (C=O) groups is 2. The van der Waals surface area contributed by atoms with Crippen molar-refractivity contribution in [3.63, 3.8) is 0 Å². The Bertz CT molecular complexity index is 322. The topological polar surface area (TPSA) is 70.7 Å². The van der Waals surface area contributed by atoms with Crippen LogP contribution in [-0.2, 0) is 14.3 Å². The Morgan fingerprint density at radius 3 is 3.11 bits per heavy atom. The van der Waals surface area contributed by atoms with Crippen molar-refractivity contribution in [1.29, 1.82) is 0 Å². The Morgan fingerprint density at radius 2 is 2.39 bits per heavy atom. The molecule has 2 N–H and O–H groups in total. The van der Waals surface area contributed by atoms with Crippen LogP contribution in [0.15, 0.2) is 0 Å². The summed E-state index contributed by atoms with van der Waals surface area (Å²) in [6, 6.07) is 0.0856. The molecular formula is C12H21N3O3. The van der Waals surface area contributed by atoms with Gasteiger partial charge in [-0.25, -0.2) is 0 Å². The highest BCUT2D eigenvalue weighted by Crippen LogP contribution is 2.17. The first-order chi connectivity index (χ1) is 8.72. The number of carbonyl (C=O) groups excluding carboxylic acids is 2. The van der Waals surface area contributed by atoms with Crippen LogP contribution in [0, 0.1) is 5.92 Å². The predicted octanol–water partition coefficient (Wildman–Crippen LogP) is -1.04. The predicted molar refractivity (Wildman–Crippen MR) is 66.0 cm³/mol. The van der Waals surface area contributed by atoms with E-state index in [1.165, 1.54) is 0 Å². The van der Waals surface area contributed by atoms with E-state index >= 15 is 0 Å². The van der Waals surface area contributed by atoms with Crippen molar-refractivity contribution in [2.45, 2.75) is 19.4 Å². The number of hydrogen-bond acceptors (Lipinski definition) is 4.